The quantitative estimate of drug-likeness (QED) is 0.532. The van der Waals surface area contributed by atoms with Crippen molar-refractivity contribution in [2.24, 2.45) is 5.73 Å². The van der Waals surface area contributed by atoms with Crippen LogP contribution in [0.15, 0.2) is 36.4 Å². The van der Waals surface area contributed by atoms with Crippen LogP contribution in [0.1, 0.15) is 33.3 Å². The highest BCUT2D eigenvalue weighted by Gasteiger charge is 2.37. The van der Waals surface area contributed by atoms with Gasteiger partial charge >= 0.3 is 5.97 Å². The van der Waals surface area contributed by atoms with Gasteiger partial charge in [-0.25, -0.2) is 4.79 Å². The van der Waals surface area contributed by atoms with Gasteiger partial charge in [0, 0.05) is 6.07 Å². The summed E-state index contributed by atoms with van der Waals surface area (Å²) in [5.74, 6) is -0.580. The summed E-state index contributed by atoms with van der Waals surface area (Å²) < 4.78 is 5.39. The minimum Gasteiger partial charge on any atom is -0.458 e. The van der Waals surface area contributed by atoms with Crippen LogP contribution in [0.5, 0.6) is 0 Å². The number of nitro benzene ring substituents is 1. The van der Waals surface area contributed by atoms with Gasteiger partial charge < -0.3 is 10.5 Å². The SMILES string of the molecule is CC(C)(C)OC(=O)[C@](C)(N)c1ccc([N+](=O)[O-])c2ccccc12. The highest BCUT2D eigenvalue weighted by Crippen LogP contribution is 2.34. The van der Waals surface area contributed by atoms with Gasteiger partial charge in [0.15, 0.2) is 0 Å². The van der Waals surface area contributed by atoms with Gasteiger partial charge in [-0.3, -0.25) is 10.1 Å². The van der Waals surface area contributed by atoms with E-state index in [1.54, 1.807) is 52.0 Å². The molecular weight excluding hydrogens is 296 g/mol. The third-order valence-corrected chi connectivity index (χ3v) is 3.48. The molecule has 6 nitrogen and oxygen atoms in total. The van der Waals surface area contributed by atoms with Gasteiger partial charge in [-0.15, -0.1) is 0 Å². The number of hydrogen-bond acceptors (Lipinski definition) is 5. The molecule has 122 valence electrons. The first-order chi connectivity index (χ1) is 10.5. The number of carbonyl (C=O) groups excluding carboxylic acids is 1. The number of esters is 1. The molecule has 0 unspecified atom stereocenters. The standard InChI is InChI=1S/C17H20N2O4/c1-16(2,3)23-15(20)17(4,18)13-9-10-14(19(21)22)12-8-6-5-7-11(12)13/h5-10H,18H2,1-4H3/t17-/m1/s1. The molecule has 2 aromatic carbocycles. The molecule has 0 aliphatic carbocycles. The summed E-state index contributed by atoms with van der Waals surface area (Å²) in [4.78, 5) is 23.2. The Hall–Kier alpha value is -2.47. The molecule has 0 saturated heterocycles. The first kappa shape index (κ1) is 16.9. The first-order valence-corrected chi connectivity index (χ1v) is 7.23. The molecule has 0 spiro atoms. The Morgan fingerprint density at radius 2 is 1.65 bits per heavy atom. The monoisotopic (exact) mass is 316 g/mol. The molecular formula is C17H20N2O4. The second-order valence-corrected chi connectivity index (χ2v) is 6.64. The second-order valence-electron chi connectivity index (χ2n) is 6.64. The number of non-ortho nitro benzene ring substituents is 1. The number of ether oxygens (including phenoxy) is 1. The largest absolute Gasteiger partial charge is 0.458 e. The van der Waals surface area contributed by atoms with E-state index >= 15 is 0 Å². The Balaban J connectivity index is 2.62. The third kappa shape index (κ3) is 3.32. The minimum absolute atomic E-state index is 0.0238. The van der Waals surface area contributed by atoms with E-state index in [1.165, 1.54) is 12.1 Å². The van der Waals surface area contributed by atoms with E-state index in [0.717, 1.165) is 0 Å². The molecule has 2 aromatic rings. The zero-order valence-corrected chi connectivity index (χ0v) is 13.6. The van der Waals surface area contributed by atoms with Crippen molar-refractivity contribution in [3.8, 4) is 0 Å². The van der Waals surface area contributed by atoms with Crippen molar-refractivity contribution < 1.29 is 14.5 Å². The third-order valence-electron chi connectivity index (χ3n) is 3.48. The minimum atomic E-state index is -1.41. The van der Waals surface area contributed by atoms with Gasteiger partial charge in [-0.05, 0) is 50.8 Å². The highest BCUT2D eigenvalue weighted by molar-refractivity contribution is 5.97. The van der Waals surface area contributed by atoms with Gasteiger partial charge in [0.05, 0.1) is 10.3 Å². The van der Waals surface area contributed by atoms with Gasteiger partial charge in [0.1, 0.15) is 11.1 Å². The number of fused-ring (bicyclic) bond motifs is 1. The predicted molar refractivity (Wildman–Crippen MR) is 88.0 cm³/mol. The molecule has 0 amide bonds. The van der Waals surface area contributed by atoms with Crippen molar-refractivity contribution in [3.63, 3.8) is 0 Å². The molecule has 23 heavy (non-hydrogen) atoms. The van der Waals surface area contributed by atoms with Crippen molar-refractivity contribution in [3.05, 3.63) is 52.1 Å². The molecule has 0 aromatic heterocycles. The van der Waals surface area contributed by atoms with E-state index in [-0.39, 0.29) is 5.69 Å². The fourth-order valence-electron chi connectivity index (χ4n) is 2.39. The van der Waals surface area contributed by atoms with E-state index in [0.29, 0.717) is 16.3 Å². The molecule has 0 fully saturated rings. The average Bonchev–Trinajstić information content (AvgIpc) is 2.43. The van der Waals surface area contributed by atoms with Crippen LogP contribution in [0.2, 0.25) is 0 Å². The van der Waals surface area contributed by atoms with E-state index in [1.807, 2.05) is 0 Å². The number of hydrogen-bond donors (Lipinski definition) is 1. The number of nitrogens with zero attached hydrogens (tertiary/aromatic N) is 1. The lowest BCUT2D eigenvalue weighted by molar-refractivity contribution is -0.383. The summed E-state index contributed by atoms with van der Waals surface area (Å²) in [6, 6.07) is 9.70. The van der Waals surface area contributed by atoms with Crippen LogP contribution in [0.4, 0.5) is 5.69 Å². The van der Waals surface area contributed by atoms with Gasteiger partial charge in [0.2, 0.25) is 0 Å². The second kappa shape index (κ2) is 5.62. The van der Waals surface area contributed by atoms with Crippen LogP contribution in [0.25, 0.3) is 10.8 Å². The van der Waals surface area contributed by atoms with E-state index in [2.05, 4.69) is 0 Å². The topological polar surface area (TPSA) is 95.5 Å². The normalized spacial score (nSPS) is 14.3. The average molecular weight is 316 g/mol. The lowest BCUT2D eigenvalue weighted by Gasteiger charge is -2.29. The Kier molecular flexibility index (Phi) is 4.13. The van der Waals surface area contributed by atoms with Crippen molar-refractivity contribution in [2.75, 3.05) is 0 Å². The molecule has 0 saturated carbocycles. The van der Waals surface area contributed by atoms with Crippen LogP contribution in [-0.2, 0) is 15.1 Å². The zero-order chi connectivity index (χ0) is 17.4. The summed E-state index contributed by atoms with van der Waals surface area (Å²) in [6.45, 7) is 6.83. The summed E-state index contributed by atoms with van der Waals surface area (Å²) >= 11 is 0. The van der Waals surface area contributed by atoms with E-state index in [4.69, 9.17) is 10.5 Å². The van der Waals surface area contributed by atoms with Crippen LogP contribution < -0.4 is 5.73 Å². The maximum absolute atomic E-state index is 12.5. The number of carbonyl (C=O) groups is 1. The smallest absolute Gasteiger partial charge is 0.331 e. The number of rotatable bonds is 3. The molecule has 6 heteroatoms. The van der Waals surface area contributed by atoms with Crippen LogP contribution in [0.3, 0.4) is 0 Å². The lowest BCUT2D eigenvalue weighted by atomic mass is 9.88. The Bertz CT molecular complexity index is 776. The van der Waals surface area contributed by atoms with E-state index in [9.17, 15) is 14.9 Å². The summed E-state index contributed by atoms with van der Waals surface area (Å²) in [5.41, 5.74) is 4.62. The molecule has 0 radical (unpaired) electrons. The molecule has 0 heterocycles. The van der Waals surface area contributed by atoms with Crippen LogP contribution in [0, 0.1) is 10.1 Å². The molecule has 2 N–H and O–H groups in total. The van der Waals surface area contributed by atoms with Crippen molar-refractivity contribution >= 4 is 22.4 Å². The maximum Gasteiger partial charge on any atom is 0.331 e. The van der Waals surface area contributed by atoms with Crippen LogP contribution in [-0.4, -0.2) is 16.5 Å². The molecule has 1 atom stereocenters. The van der Waals surface area contributed by atoms with Gasteiger partial charge in [0.25, 0.3) is 5.69 Å². The first-order valence-electron chi connectivity index (χ1n) is 7.23. The van der Waals surface area contributed by atoms with Crippen molar-refractivity contribution in [1.82, 2.24) is 0 Å². The van der Waals surface area contributed by atoms with E-state index < -0.39 is 22.0 Å². The summed E-state index contributed by atoms with van der Waals surface area (Å²) in [6.07, 6.45) is 0. The van der Waals surface area contributed by atoms with Crippen LogP contribution >= 0.6 is 0 Å². The predicted octanol–water partition coefficient (Wildman–Crippen LogP) is 3.26. The van der Waals surface area contributed by atoms with Gasteiger partial charge in [-0.2, -0.15) is 0 Å². The Labute approximate surface area is 134 Å². The maximum atomic E-state index is 12.5. The van der Waals surface area contributed by atoms with Gasteiger partial charge in [-0.1, -0.05) is 18.2 Å². The number of nitro groups is 1. The molecule has 0 aliphatic rings. The summed E-state index contributed by atoms with van der Waals surface area (Å²) in [7, 11) is 0. The molecule has 2 rings (SSSR count). The van der Waals surface area contributed by atoms with Crippen molar-refractivity contribution in [1.29, 1.82) is 0 Å². The number of benzene rings is 2. The van der Waals surface area contributed by atoms with Crippen molar-refractivity contribution in [2.45, 2.75) is 38.8 Å². The Morgan fingerprint density at radius 3 is 2.17 bits per heavy atom. The fraction of sp³-hybridized carbons (Fsp3) is 0.353. The lowest BCUT2D eigenvalue weighted by Crippen LogP contribution is -2.46. The molecule has 0 bridgehead atoms. The fourth-order valence-corrected chi connectivity index (χ4v) is 2.39. The Morgan fingerprint density at radius 1 is 1.09 bits per heavy atom. The highest BCUT2D eigenvalue weighted by atomic mass is 16.6. The molecule has 0 aliphatic heterocycles. The number of nitrogens with two attached hydrogens (primary N) is 1. The summed E-state index contributed by atoms with van der Waals surface area (Å²) in [5, 5.41) is 12.2. The zero-order valence-electron chi connectivity index (χ0n) is 13.6.